The van der Waals surface area contributed by atoms with E-state index in [-0.39, 0.29) is 11.9 Å². The lowest BCUT2D eigenvalue weighted by Crippen LogP contribution is -2.38. The van der Waals surface area contributed by atoms with Gasteiger partial charge in [0.25, 0.3) is 0 Å². The van der Waals surface area contributed by atoms with E-state index in [0.717, 1.165) is 30.5 Å². The van der Waals surface area contributed by atoms with Crippen LogP contribution in [-0.4, -0.2) is 29.3 Å². The van der Waals surface area contributed by atoms with Crippen molar-refractivity contribution in [1.29, 1.82) is 0 Å². The maximum atomic E-state index is 13.2. The van der Waals surface area contributed by atoms with Crippen molar-refractivity contribution in [2.45, 2.75) is 18.9 Å². The monoisotopic (exact) mass is 246 g/mol. The van der Waals surface area contributed by atoms with Gasteiger partial charge in [0, 0.05) is 36.4 Å². The highest BCUT2D eigenvalue weighted by molar-refractivity contribution is 5.91. The third-order valence-electron chi connectivity index (χ3n) is 3.42. The number of benzene rings is 1. The normalized spacial score (nSPS) is 20.3. The van der Waals surface area contributed by atoms with E-state index in [4.69, 9.17) is 0 Å². The number of aromatic nitrogens is 1. The van der Waals surface area contributed by atoms with Crippen molar-refractivity contribution in [3.8, 4) is 0 Å². The summed E-state index contributed by atoms with van der Waals surface area (Å²) in [5.74, 6) is -0.272. The average molecular weight is 246 g/mol. The Hall–Kier alpha value is -1.68. The van der Waals surface area contributed by atoms with Crippen LogP contribution in [0.3, 0.4) is 0 Å². The predicted molar refractivity (Wildman–Crippen MR) is 69.2 cm³/mol. The van der Waals surface area contributed by atoms with Crippen molar-refractivity contribution >= 4 is 16.6 Å². The third-order valence-corrected chi connectivity index (χ3v) is 3.42. The van der Waals surface area contributed by atoms with Crippen molar-refractivity contribution in [1.82, 2.24) is 4.98 Å². The van der Waals surface area contributed by atoms with Crippen molar-refractivity contribution < 1.29 is 9.50 Å². The van der Waals surface area contributed by atoms with Crippen molar-refractivity contribution in [2.75, 3.05) is 18.0 Å². The number of piperidine rings is 1. The SMILES string of the molecule is OC1CCCN(c2ccnc3cc(F)ccc23)C1. The van der Waals surface area contributed by atoms with Crippen molar-refractivity contribution in [3.05, 3.63) is 36.3 Å². The molecule has 1 aromatic carbocycles. The van der Waals surface area contributed by atoms with Crippen molar-refractivity contribution in [3.63, 3.8) is 0 Å². The Morgan fingerprint density at radius 2 is 2.22 bits per heavy atom. The first-order valence-corrected chi connectivity index (χ1v) is 6.21. The molecular formula is C14H15FN2O. The zero-order valence-electron chi connectivity index (χ0n) is 10.0. The van der Waals surface area contributed by atoms with Crippen LogP contribution in [-0.2, 0) is 0 Å². The smallest absolute Gasteiger partial charge is 0.125 e. The Morgan fingerprint density at radius 3 is 3.06 bits per heavy atom. The number of anilines is 1. The highest BCUT2D eigenvalue weighted by Gasteiger charge is 2.19. The van der Waals surface area contributed by atoms with Crippen LogP contribution >= 0.6 is 0 Å². The van der Waals surface area contributed by atoms with Gasteiger partial charge in [-0.1, -0.05) is 0 Å². The average Bonchev–Trinajstić information content (AvgIpc) is 2.37. The Balaban J connectivity index is 2.05. The first kappa shape index (κ1) is 11.4. The molecule has 2 aromatic rings. The van der Waals surface area contributed by atoms with Gasteiger partial charge in [0.2, 0.25) is 0 Å². The number of fused-ring (bicyclic) bond motifs is 1. The molecule has 1 saturated heterocycles. The zero-order chi connectivity index (χ0) is 12.5. The lowest BCUT2D eigenvalue weighted by atomic mass is 10.1. The maximum absolute atomic E-state index is 13.2. The van der Waals surface area contributed by atoms with Gasteiger partial charge in [-0.3, -0.25) is 4.98 Å². The first-order chi connectivity index (χ1) is 8.74. The molecule has 1 aliphatic rings. The largest absolute Gasteiger partial charge is 0.391 e. The third kappa shape index (κ3) is 2.04. The molecular weight excluding hydrogens is 231 g/mol. The molecule has 4 heteroatoms. The molecule has 1 aliphatic heterocycles. The summed E-state index contributed by atoms with van der Waals surface area (Å²) in [5.41, 5.74) is 1.69. The van der Waals surface area contributed by atoms with E-state index in [0.29, 0.717) is 12.1 Å². The summed E-state index contributed by atoms with van der Waals surface area (Å²) >= 11 is 0. The number of hydrogen-bond donors (Lipinski definition) is 1. The second-order valence-electron chi connectivity index (χ2n) is 4.73. The van der Waals surface area contributed by atoms with Gasteiger partial charge in [0.1, 0.15) is 5.82 Å². The molecule has 0 saturated carbocycles. The lowest BCUT2D eigenvalue weighted by Gasteiger charge is -2.32. The molecule has 0 radical (unpaired) electrons. The first-order valence-electron chi connectivity index (χ1n) is 6.21. The van der Waals surface area contributed by atoms with Gasteiger partial charge in [0.05, 0.1) is 11.6 Å². The van der Waals surface area contributed by atoms with Crippen LogP contribution in [0, 0.1) is 5.82 Å². The van der Waals surface area contributed by atoms with Gasteiger partial charge in [-0.2, -0.15) is 0 Å². The highest BCUT2D eigenvalue weighted by atomic mass is 19.1. The van der Waals surface area contributed by atoms with Gasteiger partial charge in [-0.05, 0) is 31.0 Å². The summed E-state index contributed by atoms with van der Waals surface area (Å²) in [6.07, 6.45) is 3.25. The summed E-state index contributed by atoms with van der Waals surface area (Å²) in [5, 5.41) is 10.7. The van der Waals surface area contributed by atoms with E-state index >= 15 is 0 Å². The second-order valence-corrected chi connectivity index (χ2v) is 4.73. The van der Waals surface area contributed by atoms with E-state index in [1.54, 1.807) is 12.3 Å². The number of pyridine rings is 1. The number of β-amino-alcohol motifs (C(OH)–C–C–N with tert-alkyl or cyclic N) is 1. The number of halogens is 1. The fraction of sp³-hybridized carbons (Fsp3) is 0.357. The standard InChI is InChI=1S/C14H15FN2O/c15-10-3-4-12-13(8-10)16-6-5-14(12)17-7-1-2-11(18)9-17/h3-6,8,11,18H,1-2,7,9H2. The molecule has 18 heavy (non-hydrogen) atoms. The minimum absolute atomic E-state index is 0.272. The molecule has 1 aromatic heterocycles. The zero-order valence-corrected chi connectivity index (χ0v) is 10.0. The Morgan fingerprint density at radius 1 is 1.33 bits per heavy atom. The maximum Gasteiger partial charge on any atom is 0.125 e. The minimum atomic E-state index is -0.276. The van der Waals surface area contributed by atoms with Crippen LogP contribution in [0.1, 0.15) is 12.8 Å². The van der Waals surface area contributed by atoms with Crippen LogP contribution in [0.2, 0.25) is 0 Å². The molecule has 0 aliphatic carbocycles. The molecule has 0 amide bonds. The van der Waals surface area contributed by atoms with E-state index in [2.05, 4.69) is 9.88 Å². The number of aliphatic hydroxyl groups is 1. The molecule has 1 N–H and O–H groups in total. The van der Waals surface area contributed by atoms with E-state index in [9.17, 15) is 9.50 Å². The van der Waals surface area contributed by atoms with Crippen molar-refractivity contribution in [2.24, 2.45) is 0 Å². The summed E-state index contributed by atoms with van der Waals surface area (Å²) in [7, 11) is 0. The predicted octanol–water partition coefficient (Wildman–Crippen LogP) is 2.33. The summed E-state index contributed by atoms with van der Waals surface area (Å²) in [6.45, 7) is 1.56. The molecule has 0 spiro atoms. The number of aliphatic hydroxyl groups excluding tert-OH is 1. The molecule has 3 nitrogen and oxygen atoms in total. The van der Waals surface area contributed by atoms with Gasteiger partial charge >= 0.3 is 0 Å². The van der Waals surface area contributed by atoms with E-state index in [1.165, 1.54) is 12.1 Å². The quantitative estimate of drug-likeness (QED) is 0.839. The molecule has 3 rings (SSSR count). The topological polar surface area (TPSA) is 36.4 Å². The Labute approximate surface area is 105 Å². The summed E-state index contributed by atoms with van der Waals surface area (Å²) in [4.78, 5) is 6.34. The van der Waals surface area contributed by atoms with Gasteiger partial charge in [-0.25, -0.2) is 4.39 Å². The summed E-state index contributed by atoms with van der Waals surface area (Å²) in [6, 6.07) is 6.58. The fourth-order valence-corrected chi connectivity index (χ4v) is 2.56. The van der Waals surface area contributed by atoms with Gasteiger partial charge < -0.3 is 10.0 Å². The molecule has 1 unspecified atom stereocenters. The number of rotatable bonds is 1. The van der Waals surface area contributed by atoms with Crippen LogP contribution < -0.4 is 4.90 Å². The van der Waals surface area contributed by atoms with Gasteiger partial charge in [0.15, 0.2) is 0 Å². The molecule has 94 valence electrons. The van der Waals surface area contributed by atoms with E-state index < -0.39 is 0 Å². The van der Waals surface area contributed by atoms with Crippen LogP contribution in [0.15, 0.2) is 30.5 Å². The second kappa shape index (κ2) is 4.53. The molecule has 1 fully saturated rings. The minimum Gasteiger partial charge on any atom is -0.391 e. The molecule has 2 heterocycles. The fourth-order valence-electron chi connectivity index (χ4n) is 2.56. The van der Waals surface area contributed by atoms with Gasteiger partial charge in [-0.15, -0.1) is 0 Å². The number of hydrogen-bond acceptors (Lipinski definition) is 3. The Kier molecular flexibility index (Phi) is 2.88. The highest BCUT2D eigenvalue weighted by Crippen LogP contribution is 2.28. The van der Waals surface area contributed by atoms with Crippen LogP contribution in [0.25, 0.3) is 10.9 Å². The van der Waals surface area contributed by atoms with Crippen LogP contribution in [0.4, 0.5) is 10.1 Å². The number of nitrogens with zero attached hydrogens (tertiary/aromatic N) is 2. The lowest BCUT2D eigenvalue weighted by molar-refractivity contribution is 0.154. The van der Waals surface area contributed by atoms with Crippen LogP contribution in [0.5, 0.6) is 0 Å². The molecule has 0 bridgehead atoms. The van der Waals surface area contributed by atoms with E-state index in [1.807, 2.05) is 6.07 Å². The summed E-state index contributed by atoms with van der Waals surface area (Å²) < 4.78 is 13.2. The Bertz CT molecular complexity index is 573. The molecule has 1 atom stereocenters.